The zero-order chi connectivity index (χ0) is 33.9. The first-order chi connectivity index (χ1) is 25.8. The molecule has 0 fully saturated rings. The zero-order valence-corrected chi connectivity index (χ0v) is 29.4. The van der Waals surface area contributed by atoms with E-state index in [0.717, 1.165) is 28.4 Å². The third-order valence-corrected chi connectivity index (χ3v) is 13.2. The number of nitrogens with one attached hydrogen (secondary N) is 1. The summed E-state index contributed by atoms with van der Waals surface area (Å²) < 4.78 is 5.14. The Bertz CT molecular complexity index is 3220. The monoisotopic (exact) mass is 697 g/mol. The highest BCUT2D eigenvalue weighted by molar-refractivity contribution is 7.26. The highest BCUT2D eigenvalue weighted by Gasteiger charge is 2.28. The average Bonchev–Trinajstić information content (AvgIpc) is 3.88. The summed E-state index contributed by atoms with van der Waals surface area (Å²) in [5.74, 6) is 1.58. The van der Waals surface area contributed by atoms with Crippen LogP contribution >= 0.6 is 22.7 Å². The number of hydrogen-bond donors (Lipinski definition) is 1. The maximum Gasteiger partial charge on any atom is 0.159 e. The van der Waals surface area contributed by atoms with Gasteiger partial charge in [-0.25, -0.2) is 9.98 Å². The quantitative estimate of drug-likeness (QED) is 0.196. The summed E-state index contributed by atoms with van der Waals surface area (Å²) >= 11 is 3.72. The fourth-order valence-corrected chi connectivity index (χ4v) is 11.0. The molecule has 1 atom stereocenters. The van der Waals surface area contributed by atoms with Crippen molar-refractivity contribution in [2.45, 2.75) is 6.17 Å². The third-order valence-electron chi connectivity index (χ3n) is 10.9. The summed E-state index contributed by atoms with van der Waals surface area (Å²) in [6.07, 6.45) is -0.338. The van der Waals surface area contributed by atoms with Gasteiger partial charge in [0.05, 0.1) is 0 Å². The van der Waals surface area contributed by atoms with Gasteiger partial charge in [0.25, 0.3) is 0 Å². The van der Waals surface area contributed by atoms with E-state index in [1.54, 1.807) is 0 Å². The predicted octanol–water partition coefficient (Wildman–Crippen LogP) is 12.9. The van der Waals surface area contributed by atoms with Gasteiger partial charge in [0, 0.05) is 62.6 Å². The van der Waals surface area contributed by atoms with E-state index in [9.17, 15) is 0 Å². The van der Waals surface area contributed by atoms with Gasteiger partial charge in [-0.15, -0.1) is 22.7 Å². The summed E-state index contributed by atoms with van der Waals surface area (Å²) in [7, 11) is 0. The lowest BCUT2D eigenvalue weighted by molar-refractivity contribution is 0.680. The Morgan fingerprint density at radius 1 is 0.481 bits per heavy atom. The highest BCUT2D eigenvalue weighted by Crippen LogP contribution is 2.53. The lowest BCUT2D eigenvalue weighted by atomic mass is 9.98. The van der Waals surface area contributed by atoms with Crippen molar-refractivity contribution in [1.82, 2.24) is 5.32 Å². The average molecular weight is 698 g/mol. The number of benzene rings is 8. The van der Waals surface area contributed by atoms with Crippen molar-refractivity contribution in [3.05, 3.63) is 168 Å². The number of amidine groups is 2. The minimum absolute atomic E-state index is 0.338. The van der Waals surface area contributed by atoms with Gasteiger partial charge in [0.15, 0.2) is 5.84 Å². The Balaban J connectivity index is 1.08. The molecule has 2 aliphatic rings. The molecule has 0 saturated carbocycles. The van der Waals surface area contributed by atoms with Crippen LogP contribution in [0.5, 0.6) is 0 Å². The van der Waals surface area contributed by atoms with E-state index >= 15 is 0 Å². The number of hydrogen-bond acceptors (Lipinski definition) is 5. The summed E-state index contributed by atoms with van der Waals surface area (Å²) in [6.45, 7) is 0. The SMILES string of the molecule is c1ccc2c(C3=NC(c4ccc5c(c4)sc4ccccc45)=NC(c4cccc5sc6c7c(ccc6c45)-c4cccc5cccc-7c45)N3)cccc2c1. The van der Waals surface area contributed by atoms with Crippen molar-refractivity contribution < 1.29 is 0 Å². The summed E-state index contributed by atoms with van der Waals surface area (Å²) in [4.78, 5) is 10.7. The van der Waals surface area contributed by atoms with E-state index in [4.69, 9.17) is 9.98 Å². The fourth-order valence-electron chi connectivity index (χ4n) is 8.58. The first-order valence-corrected chi connectivity index (χ1v) is 19.2. The van der Waals surface area contributed by atoms with E-state index in [0.29, 0.717) is 0 Å². The second-order valence-electron chi connectivity index (χ2n) is 13.7. The molecule has 1 unspecified atom stereocenters. The first kappa shape index (κ1) is 28.5. The zero-order valence-electron chi connectivity index (χ0n) is 27.7. The molecule has 5 heteroatoms. The Morgan fingerprint density at radius 2 is 1.19 bits per heavy atom. The van der Waals surface area contributed by atoms with Crippen LogP contribution in [0.1, 0.15) is 22.9 Å². The van der Waals surface area contributed by atoms with Crippen molar-refractivity contribution in [1.29, 1.82) is 0 Å². The molecule has 0 amide bonds. The van der Waals surface area contributed by atoms with Crippen molar-refractivity contribution in [3.8, 4) is 22.3 Å². The van der Waals surface area contributed by atoms with Gasteiger partial charge in [-0.3, -0.25) is 0 Å². The minimum Gasteiger partial charge on any atom is -0.344 e. The van der Waals surface area contributed by atoms with Crippen LogP contribution in [0.4, 0.5) is 0 Å². The predicted molar refractivity (Wildman–Crippen MR) is 223 cm³/mol. The maximum atomic E-state index is 5.44. The highest BCUT2D eigenvalue weighted by atomic mass is 32.1. The molecular weight excluding hydrogens is 671 g/mol. The molecule has 10 aromatic rings. The molecule has 8 aromatic carbocycles. The molecule has 0 spiro atoms. The topological polar surface area (TPSA) is 36.8 Å². The molecular formula is C47H27N3S2. The van der Waals surface area contributed by atoms with Crippen LogP contribution in [0, 0.1) is 0 Å². The fraction of sp³-hybridized carbons (Fsp3) is 0.0213. The van der Waals surface area contributed by atoms with Crippen LogP contribution in [-0.2, 0) is 0 Å². The number of aliphatic imine (C=N–C) groups is 2. The molecule has 1 aliphatic carbocycles. The Hall–Kier alpha value is -6.14. The van der Waals surface area contributed by atoms with Gasteiger partial charge in [0.2, 0.25) is 0 Å². The van der Waals surface area contributed by atoms with Crippen molar-refractivity contribution >= 4 is 96.2 Å². The van der Waals surface area contributed by atoms with Crippen LogP contribution in [-0.4, -0.2) is 11.7 Å². The van der Waals surface area contributed by atoms with Crippen LogP contribution in [0.25, 0.3) is 84.1 Å². The molecule has 0 bridgehead atoms. The maximum absolute atomic E-state index is 5.44. The van der Waals surface area contributed by atoms with Gasteiger partial charge in [-0.2, -0.15) is 0 Å². The van der Waals surface area contributed by atoms with Crippen molar-refractivity contribution in [2.24, 2.45) is 9.98 Å². The van der Waals surface area contributed by atoms with E-state index < -0.39 is 0 Å². The summed E-state index contributed by atoms with van der Waals surface area (Å²) in [5, 5.41) is 13.9. The molecule has 52 heavy (non-hydrogen) atoms. The first-order valence-electron chi connectivity index (χ1n) is 17.6. The summed E-state index contributed by atoms with van der Waals surface area (Å²) in [5.41, 5.74) is 8.60. The van der Waals surface area contributed by atoms with E-state index in [2.05, 4.69) is 157 Å². The molecule has 242 valence electrons. The Labute approximate surface area is 306 Å². The molecule has 1 N–H and O–H groups in total. The van der Waals surface area contributed by atoms with Gasteiger partial charge in [-0.05, 0) is 56.4 Å². The number of thiophene rings is 2. The standard InChI is InChI=1S/C47H27N3S2/c1-2-13-29-26(9-1)10-5-16-34(29)46-48-45(28-21-22-31-30-14-3-4-19-38(30)51-40(31)25-28)49-47(50-46)37-18-8-20-39-42(37)36-24-23-33-32-15-6-11-27-12-7-17-35(41(27)32)43(33)44(36)52-39/h1-25,47H,(H,48,49,50). The number of rotatable bonds is 3. The third kappa shape index (κ3) is 4.00. The van der Waals surface area contributed by atoms with Crippen LogP contribution in [0.15, 0.2) is 162 Å². The molecule has 0 saturated heterocycles. The molecule has 1 aliphatic heterocycles. The smallest absolute Gasteiger partial charge is 0.159 e. The Kier molecular flexibility index (Phi) is 5.87. The van der Waals surface area contributed by atoms with E-state index in [1.165, 1.54) is 84.1 Å². The van der Waals surface area contributed by atoms with Gasteiger partial charge < -0.3 is 5.32 Å². The molecule has 12 rings (SSSR count). The molecule has 0 radical (unpaired) electrons. The lowest BCUT2D eigenvalue weighted by Crippen LogP contribution is -2.33. The molecule has 3 heterocycles. The summed E-state index contributed by atoms with van der Waals surface area (Å²) in [6, 6.07) is 55.1. The normalized spacial score (nSPS) is 15.1. The van der Waals surface area contributed by atoms with Gasteiger partial charge in [-0.1, -0.05) is 133 Å². The van der Waals surface area contributed by atoms with Gasteiger partial charge in [0.1, 0.15) is 12.0 Å². The van der Waals surface area contributed by atoms with E-state index in [1.807, 2.05) is 22.7 Å². The largest absolute Gasteiger partial charge is 0.344 e. The Morgan fingerprint density at radius 3 is 2.12 bits per heavy atom. The second-order valence-corrected chi connectivity index (χ2v) is 15.8. The van der Waals surface area contributed by atoms with Crippen LogP contribution in [0.2, 0.25) is 0 Å². The molecule has 2 aromatic heterocycles. The molecule has 3 nitrogen and oxygen atoms in total. The number of fused-ring (bicyclic) bond motifs is 11. The minimum atomic E-state index is -0.338. The second kappa shape index (κ2) is 10.7. The van der Waals surface area contributed by atoms with E-state index in [-0.39, 0.29) is 6.17 Å². The lowest BCUT2D eigenvalue weighted by Gasteiger charge is -2.25. The van der Waals surface area contributed by atoms with Gasteiger partial charge >= 0.3 is 0 Å². The van der Waals surface area contributed by atoms with Crippen LogP contribution in [0.3, 0.4) is 0 Å². The number of nitrogens with zero attached hydrogens (tertiary/aromatic N) is 2. The van der Waals surface area contributed by atoms with Crippen LogP contribution < -0.4 is 5.32 Å². The van der Waals surface area contributed by atoms with Crippen molar-refractivity contribution in [2.75, 3.05) is 0 Å². The van der Waals surface area contributed by atoms with Crippen molar-refractivity contribution in [3.63, 3.8) is 0 Å².